The van der Waals surface area contributed by atoms with Gasteiger partial charge in [0, 0.05) is 0 Å². The number of hydrogen-bond acceptors (Lipinski definition) is 0. The molecule has 0 heterocycles. The van der Waals surface area contributed by atoms with Crippen molar-refractivity contribution in [1.82, 2.24) is 0 Å². The van der Waals surface area contributed by atoms with Gasteiger partial charge in [-0.1, -0.05) is 47.0 Å². The van der Waals surface area contributed by atoms with Gasteiger partial charge in [0.2, 0.25) is 0 Å². The van der Waals surface area contributed by atoms with E-state index in [-0.39, 0.29) is 0 Å². The molecule has 0 nitrogen and oxygen atoms in total. The zero-order valence-electron chi connectivity index (χ0n) is 10.6. The first-order chi connectivity index (χ1) is 6.53. The number of rotatable bonds is 3. The Balaban J connectivity index is 2.35. The summed E-state index contributed by atoms with van der Waals surface area (Å²) in [5.41, 5.74) is 0.629. The monoisotopic (exact) mass is 196 g/mol. The first kappa shape index (κ1) is 12.1. The van der Waals surface area contributed by atoms with Crippen molar-refractivity contribution in [3.05, 3.63) is 0 Å². The second-order valence-electron chi connectivity index (χ2n) is 6.21. The van der Waals surface area contributed by atoms with E-state index in [1.807, 2.05) is 0 Å². The molecule has 0 spiro atoms. The van der Waals surface area contributed by atoms with Crippen molar-refractivity contribution >= 4 is 0 Å². The second kappa shape index (κ2) is 5.19. The molecule has 14 heavy (non-hydrogen) atoms. The van der Waals surface area contributed by atoms with E-state index in [4.69, 9.17) is 0 Å². The summed E-state index contributed by atoms with van der Waals surface area (Å²) in [6.45, 7) is 9.62. The van der Waals surface area contributed by atoms with E-state index in [0.717, 1.165) is 11.8 Å². The fourth-order valence-electron chi connectivity index (χ4n) is 2.70. The predicted molar refractivity (Wildman–Crippen MR) is 64.4 cm³/mol. The van der Waals surface area contributed by atoms with Gasteiger partial charge in [-0.25, -0.2) is 0 Å². The zero-order chi connectivity index (χ0) is 10.6. The Morgan fingerprint density at radius 2 is 1.93 bits per heavy atom. The van der Waals surface area contributed by atoms with Gasteiger partial charge < -0.3 is 0 Å². The molecule has 84 valence electrons. The molecule has 2 atom stereocenters. The summed E-state index contributed by atoms with van der Waals surface area (Å²) < 4.78 is 0. The Bertz CT molecular complexity index is 157. The Kier molecular flexibility index (Phi) is 4.47. The average molecular weight is 196 g/mol. The largest absolute Gasteiger partial charge is 0.0651 e. The maximum atomic E-state index is 2.44. The maximum Gasteiger partial charge on any atom is -0.0354 e. The Hall–Kier alpha value is 0. The molecule has 0 aromatic carbocycles. The normalized spacial score (nSPS) is 29.6. The summed E-state index contributed by atoms with van der Waals surface area (Å²) in [6.07, 6.45) is 10.2. The Morgan fingerprint density at radius 3 is 2.57 bits per heavy atom. The highest BCUT2D eigenvalue weighted by molar-refractivity contribution is 4.76. The molecule has 0 radical (unpaired) electrons. The third kappa shape index (κ3) is 4.02. The lowest BCUT2D eigenvalue weighted by Gasteiger charge is -2.22. The van der Waals surface area contributed by atoms with Gasteiger partial charge in [0.15, 0.2) is 0 Å². The van der Waals surface area contributed by atoms with E-state index in [1.54, 1.807) is 0 Å². The summed E-state index contributed by atoms with van der Waals surface area (Å²) in [5.74, 6) is 1.98. The van der Waals surface area contributed by atoms with Crippen molar-refractivity contribution in [3.8, 4) is 0 Å². The summed E-state index contributed by atoms with van der Waals surface area (Å²) in [6, 6.07) is 0. The van der Waals surface area contributed by atoms with E-state index >= 15 is 0 Å². The molecule has 0 amide bonds. The van der Waals surface area contributed by atoms with E-state index in [1.165, 1.54) is 44.9 Å². The first-order valence-corrected chi connectivity index (χ1v) is 6.53. The minimum atomic E-state index is 0.629. The van der Waals surface area contributed by atoms with Crippen LogP contribution in [0.4, 0.5) is 0 Å². The lowest BCUT2D eigenvalue weighted by atomic mass is 9.83. The molecule has 1 fully saturated rings. The molecule has 1 aliphatic carbocycles. The van der Waals surface area contributed by atoms with Crippen LogP contribution < -0.4 is 0 Å². The van der Waals surface area contributed by atoms with Crippen molar-refractivity contribution in [2.75, 3.05) is 0 Å². The summed E-state index contributed by atoms with van der Waals surface area (Å²) in [7, 11) is 0. The summed E-state index contributed by atoms with van der Waals surface area (Å²) in [5, 5.41) is 0. The van der Waals surface area contributed by atoms with Crippen LogP contribution in [0.2, 0.25) is 0 Å². The molecule has 0 bridgehead atoms. The van der Waals surface area contributed by atoms with Gasteiger partial charge in [0.05, 0.1) is 0 Å². The molecule has 1 rings (SSSR count). The molecule has 0 saturated heterocycles. The lowest BCUT2D eigenvalue weighted by Crippen LogP contribution is -2.10. The molecule has 1 saturated carbocycles. The third-order valence-corrected chi connectivity index (χ3v) is 4.13. The molecule has 0 N–H and O–H groups in total. The van der Waals surface area contributed by atoms with Crippen molar-refractivity contribution in [1.29, 1.82) is 0 Å². The van der Waals surface area contributed by atoms with Gasteiger partial charge in [0.25, 0.3) is 0 Å². The molecule has 1 aliphatic rings. The van der Waals surface area contributed by atoms with Crippen molar-refractivity contribution in [2.45, 2.75) is 72.6 Å². The highest BCUT2D eigenvalue weighted by Crippen LogP contribution is 2.38. The van der Waals surface area contributed by atoms with Crippen LogP contribution in [0, 0.1) is 17.3 Å². The second-order valence-corrected chi connectivity index (χ2v) is 6.21. The van der Waals surface area contributed by atoms with Crippen LogP contribution in [0.5, 0.6) is 0 Å². The van der Waals surface area contributed by atoms with Crippen molar-refractivity contribution in [2.24, 2.45) is 17.3 Å². The number of hydrogen-bond donors (Lipinski definition) is 0. The third-order valence-electron chi connectivity index (χ3n) is 4.13. The average Bonchev–Trinajstić information content (AvgIpc) is 2.28. The van der Waals surface area contributed by atoms with Gasteiger partial charge in [-0.05, 0) is 42.9 Å². The lowest BCUT2D eigenvalue weighted by molar-refractivity contribution is 0.296. The topological polar surface area (TPSA) is 0 Å². The van der Waals surface area contributed by atoms with Gasteiger partial charge in [-0.3, -0.25) is 0 Å². The van der Waals surface area contributed by atoms with E-state index in [9.17, 15) is 0 Å². The zero-order valence-corrected chi connectivity index (χ0v) is 10.6. The SMILES string of the molecule is CCC(C)CC1CCCC(C)(C)CC1. The standard InChI is InChI=1S/C14H28/c1-5-12(2)11-13-7-6-9-14(3,4)10-8-13/h12-13H,5-11H2,1-4H3. The van der Waals surface area contributed by atoms with Crippen molar-refractivity contribution < 1.29 is 0 Å². The Morgan fingerprint density at radius 1 is 1.21 bits per heavy atom. The van der Waals surface area contributed by atoms with E-state index < -0.39 is 0 Å². The molecular weight excluding hydrogens is 168 g/mol. The van der Waals surface area contributed by atoms with Crippen LogP contribution >= 0.6 is 0 Å². The maximum absolute atomic E-state index is 2.44. The van der Waals surface area contributed by atoms with Gasteiger partial charge in [0.1, 0.15) is 0 Å². The van der Waals surface area contributed by atoms with Crippen LogP contribution in [0.15, 0.2) is 0 Å². The van der Waals surface area contributed by atoms with Gasteiger partial charge in [-0.15, -0.1) is 0 Å². The quantitative estimate of drug-likeness (QED) is 0.555. The fraction of sp³-hybridized carbons (Fsp3) is 1.00. The molecule has 0 aromatic heterocycles. The highest BCUT2D eigenvalue weighted by Gasteiger charge is 2.24. The van der Waals surface area contributed by atoms with Gasteiger partial charge >= 0.3 is 0 Å². The van der Waals surface area contributed by atoms with Gasteiger partial charge in [-0.2, -0.15) is 0 Å². The highest BCUT2D eigenvalue weighted by atomic mass is 14.3. The molecule has 0 aliphatic heterocycles. The van der Waals surface area contributed by atoms with Crippen molar-refractivity contribution in [3.63, 3.8) is 0 Å². The molecule has 0 aromatic rings. The molecule has 2 unspecified atom stereocenters. The summed E-state index contributed by atoms with van der Waals surface area (Å²) in [4.78, 5) is 0. The van der Waals surface area contributed by atoms with Crippen LogP contribution in [-0.2, 0) is 0 Å². The summed E-state index contributed by atoms with van der Waals surface area (Å²) >= 11 is 0. The smallest absolute Gasteiger partial charge is 0.0354 e. The predicted octanol–water partition coefficient (Wildman–Crippen LogP) is 5.03. The minimum Gasteiger partial charge on any atom is -0.0651 e. The van der Waals surface area contributed by atoms with E-state index in [0.29, 0.717) is 5.41 Å². The molecule has 0 heteroatoms. The minimum absolute atomic E-state index is 0.629. The van der Waals surface area contributed by atoms with E-state index in [2.05, 4.69) is 27.7 Å². The Labute approximate surface area is 90.5 Å². The fourth-order valence-corrected chi connectivity index (χ4v) is 2.70. The van der Waals surface area contributed by atoms with Crippen LogP contribution in [0.25, 0.3) is 0 Å². The molecular formula is C14H28. The van der Waals surface area contributed by atoms with Crippen LogP contribution in [-0.4, -0.2) is 0 Å². The van der Waals surface area contributed by atoms with Crippen LogP contribution in [0.3, 0.4) is 0 Å². The van der Waals surface area contributed by atoms with Crippen LogP contribution in [0.1, 0.15) is 72.6 Å². The first-order valence-electron chi connectivity index (χ1n) is 6.53.